The first kappa shape index (κ1) is 19.8. The Hall–Kier alpha value is -2.47. The van der Waals surface area contributed by atoms with Crippen molar-refractivity contribution in [2.75, 3.05) is 12.3 Å². The number of hydrogen-bond donors (Lipinski definition) is 0. The molecule has 0 radical (unpaired) electrons. The van der Waals surface area contributed by atoms with Gasteiger partial charge in [0.25, 0.3) is 0 Å². The molecule has 4 nitrogen and oxygen atoms in total. The molecule has 1 amide bonds. The highest BCUT2D eigenvalue weighted by atomic mass is 32.2. The molecule has 1 aromatic heterocycles. The molecule has 1 saturated heterocycles. The van der Waals surface area contributed by atoms with E-state index in [0.29, 0.717) is 11.8 Å². The average molecular weight is 410 g/mol. The fourth-order valence-corrected chi connectivity index (χ4v) is 4.83. The number of likely N-dealkylation sites (tertiary alicyclic amines) is 1. The molecule has 0 spiro atoms. The van der Waals surface area contributed by atoms with E-state index in [1.807, 2.05) is 29.2 Å². The molecule has 2 heterocycles. The SMILES string of the molecule is CC[C@@H]1CCCCN1C(=O)CSc1nnc(-c2ccc(F)cc2)c2ccccc12. The van der Waals surface area contributed by atoms with Crippen molar-refractivity contribution in [1.29, 1.82) is 0 Å². The van der Waals surface area contributed by atoms with Crippen LogP contribution in [0.4, 0.5) is 4.39 Å². The second-order valence-corrected chi connectivity index (χ2v) is 8.30. The number of amides is 1. The van der Waals surface area contributed by atoms with E-state index in [9.17, 15) is 9.18 Å². The number of rotatable bonds is 5. The summed E-state index contributed by atoms with van der Waals surface area (Å²) in [6.45, 7) is 3.00. The summed E-state index contributed by atoms with van der Waals surface area (Å²) in [6, 6.07) is 14.5. The monoisotopic (exact) mass is 409 g/mol. The Morgan fingerprint density at radius 3 is 2.62 bits per heavy atom. The lowest BCUT2D eigenvalue weighted by Crippen LogP contribution is -2.44. The summed E-state index contributed by atoms with van der Waals surface area (Å²) < 4.78 is 13.3. The third-order valence-corrected chi connectivity index (χ3v) is 6.49. The number of piperidine rings is 1. The maximum absolute atomic E-state index is 13.3. The summed E-state index contributed by atoms with van der Waals surface area (Å²) in [5.74, 6) is 0.264. The zero-order chi connectivity index (χ0) is 20.2. The molecule has 0 unspecified atom stereocenters. The van der Waals surface area contributed by atoms with Crippen molar-refractivity contribution < 1.29 is 9.18 Å². The summed E-state index contributed by atoms with van der Waals surface area (Å²) in [5, 5.41) is 11.5. The fraction of sp³-hybridized carbons (Fsp3) is 0.348. The minimum Gasteiger partial charge on any atom is -0.339 e. The van der Waals surface area contributed by atoms with Crippen LogP contribution < -0.4 is 0 Å². The molecule has 1 aliphatic heterocycles. The lowest BCUT2D eigenvalue weighted by atomic mass is 10.0. The van der Waals surface area contributed by atoms with Crippen LogP contribution in [0.1, 0.15) is 32.6 Å². The highest BCUT2D eigenvalue weighted by molar-refractivity contribution is 8.00. The van der Waals surface area contributed by atoms with E-state index >= 15 is 0 Å². The van der Waals surface area contributed by atoms with Gasteiger partial charge in [0.05, 0.1) is 5.75 Å². The predicted molar refractivity (Wildman–Crippen MR) is 115 cm³/mol. The van der Waals surface area contributed by atoms with Crippen LogP contribution in [0.25, 0.3) is 22.0 Å². The minimum absolute atomic E-state index is 0.176. The number of benzene rings is 2. The van der Waals surface area contributed by atoms with Crippen LogP contribution in [-0.4, -0.2) is 39.3 Å². The van der Waals surface area contributed by atoms with Crippen molar-refractivity contribution in [3.05, 3.63) is 54.3 Å². The number of halogens is 1. The largest absolute Gasteiger partial charge is 0.339 e. The number of hydrogen-bond acceptors (Lipinski definition) is 4. The summed E-state index contributed by atoms with van der Waals surface area (Å²) in [7, 11) is 0. The second-order valence-electron chi connectivity index (χ2n) is 7.34. The van der Waals surface area contributed by atoms with Gasteiger partial charge in [-0.15, -0.1) is 10.2 Å². The van der Waals surface area contributed by atoms with Crippen LogP contribution in [0, 0.1) is 5.82 Å². The van der Waals surface area contributed by atoms with Crippen LogP contribution in [-0.2, 0) is 4.79 Å². The van der Waals surface area contributed by atoms with Gasteiger partial charge in [0, 0.05) is 28.9 Å². The van der Waals surface area contributed by atoms with Gasteiger partial charge in [-0.25, -0.2) is 4.39 Å². The van der Waals surface area contributed by atoms with Crippen LogP contribution in [0.3, 0.4) is 0 Å². The number of nitrogens with zero attached hydrogens (tertiary/aromatic N) is 3. The normalized spacial score (nSPS) is 16.9. The van der Waals surface area contributed by atoms with E-state index in [-0.39, 0.29) is 11.7 Å². The van der Waals surface area contributed by atoms with E-state index in [4.69, 9.17) is 0 Å². The molecule has 4 rings (SSSR count). The minimum atomic E-state index is -0.278. The molecule has 0 saturated carbocycles. The van der Waals surface area contributed by atoms with Crippen molar-refractivity contribution in [3.8, 4) is 11.3 Å². The number of carbonyl (C=O) groups excluding carboxylic acids is 1. The molecule has 3 aromatic rings. The van der Waals surface area contributed by atoms with E-state index < -0.39 is 0 Å². The molecular weight excluding hydrogens is 385 g/mol. The van der Waals surface area contributed by atoms with Crippen molar-refractivity contribution in [2.45, 2.75) is 43.7 Å². The van der Waals surface area contributed by atoms with Gasteiger partial charge in [-0.05, 0) is 49.9 Å². The van der Waals surface area contributed by atoms with Gasteiger partial charge in [0.1, 0.15) is 16.5 Å². The summed E-state index contributed by atoms with van der Waals surface area (Å²) in [4.78, 5) is 14.9. The molecule has 150 valence electrons. The quantitative estimate of drug-likeness (QED) is 0.535. The molecule has 6 heteroatoms. The molecule has 0 aliphatic carbocycles. The first-order chi connectivity index (χ1) is 14.2. The standard InChI is InChI=1S/C23H24FN3OS/c1-2-18-7-5-6-14-27(18)21(28)15-29-23-20-9-4-3-8-19(20)22(25-26-23)16-10-12-17(24)13-11-16/h3-4,8-13,18H,2,5-7,14-15H2,1H3/t18-/m1/s1. The van der Waals surface area contributed by atoms with Crippen molar-refractivity contribution in [2.24, 2.45) is 0 Å². The van der Waals surface area contributed by atoms with E-state index in [0.717, 1.165) is 52.9 Å². The van der Waals surface area contributed by atoms with E-state index in [1.165, 1.54) is 30.3 Å². The number of carbonyl (C=O) groups is 1. The molecule has 0 N–H and O–H groups in total. The Labute approximate surface area is 174 Å². The zero-order valence-corrected chi connectivity index (χ0v) is 17.3. The van der Waals surface area contributed by atoms with Gasteiger partial charge in [0.2, 0.25) is 5.91 Å². The Morgan fingerprint density at radius 1 is 1.10 bits per heavy atom. The number of thioether (sulfide) groups is 1. The van der Waals surface area contributed by atoms with Crippen LogP contribution >= 0.6 is 11.8 Å². The maximum Gasteiger partial charge on any atom is 0.233 e. The Kier molecular flexibility index (Phi) is 6.09. The molecular formula is C23H24FN3OS. The predicted octanol–water partition coefficient (Wildman–Crippen LogP) is 5.32. The second kappa shape index (κ2) is 8.91. The van der Waals surface area contributed by atoms with Gasteiger partial charge < -0.3 is 4.90 Å². The number of aromatic nitrogens is 2. The Bertz CT molecular complexity index is 1010. The molecule has 1 aliphatic rings. The summed E-state index contributed by atoms with van der Waals surface area (Å²) in [5.41, 5.74) is 1.54. The van der Waals surface area contributed by atoms with Crippen molar-refractivity contribution in [1.82, 2.24) is 15.1 Å². The van der Waals surface area contributed by atoms with Gasteiger partial charge in [-0.3, -0.25) is 4.79 Å². The first-order valence-electron chi connectivity index (χ1n) is 10.1. The summed E-state index contributed by atoms with van der Waals surface area (Å²) >= 11 is 1.45. The van der Waals surface area contributed by atoms with Crippen LogP contribution in [0.15, 0.2) is 53.6 Å². The van der Waals surface area contributed by atoms with Crippen molar-refractivity contribution in [3.63, 3.8) is 0 Å². The maximum atomic E-state index is 13.3. The van der Waals surface area contributed by atoms with Gasteiger partial charge in [-0.2, -0.15) is 0 Å². The molecule has 1 fully saturated rings. The van der Waals surface area contributed by atoms with E-state index in [1.54, 1.807) is 12.1 Å². The number of fused-ring (bicyclic) bond motifs is 1. The van der Waals surface area contributed by atoms with Gasteiger partial charge in [0.15, 0.2) is 0 Å². The van der Waals surface area contributed by atoms with Gasteiger partial charge in [-0.1, -0.05) is 43.0 Å². The molecule has 29 heavy (non-hydrogen) atoms. The lowest BCUT2D eigenvalue weighted by Gasteiger charge is -2.35. The van der Waals surface area contributed by atoms with Crippen LogP contribution in [0.2, 0.25) is 0 Å². The lowest BCUT2D eigenvalue weighted by molar-refractivity contribution is -0.132. The molecule has 0 bridgehead atoms. The topological polar surface area (TPSA) is 46.1 Å². The smallest absolute Gasteiger partial charge is 0.233 e. The Morgan fingerprint density at radius 2 is 1.86 bits per heavy atom. The third-order valence-electron chi connectivity index (χ3n) is 5.52. The third kappa shape index (κ3) is 4.27. The fourth-order valence-electron chi connectivity index (χ4n) is 3.97. The zero-order valence-electron chi connectivity index (χ0n) is 16.5. The molecule has 1 atom stereocenters. The molecule has 2 aromatic carbocycles. The first-order valence-corrected chi connectivity index (χ1v) is 11.1. The van der Waals surface area contributed by atoms with Gasteiger partial charge >= 0.3 is 0 Å². The Balaban J connectivity index is 1.58. The van der Waals surface area contributed by atoms with Crippen molar-refractivity contribution >= 4 is 28.4 Å². The van der Waals surface area contributed by atoms with E-state index in [2.05, 4.69) is 17.1 Å². The highest BCUT2D eigenvalue weighted by Crippen LogP contribution is 2.32. The summed E-state index contributed by atoms with van der Waals surface area (Å²) in [6.07, 6.45) is 4.39. The average Bonchev–Trinajstić information content (AvgIpc) is 2.78. The highest BCUT2D eigenvalue weighted by Gasteiger charge is 2.25. The van der Waals surface area contributed by atoms with Crippen LogP contribution in [0.5, 0.6) is 0 Å².